The first-order chi connectivity index (χ1) is 7.74. The summed E-state index contributed by atoms with van der Waals surface area (Å²) < 4.78 is 11.9. The highest BCUT2D eigenvalue weighted by Gasteiger charge is 2.04. The first-order valence-corrected chi connectivity index (χ1v) is 7.22. The molecular weight excluding hydrogens is 218 g/mol. The molecule has 0 bridgehead atoms. The molecule has 0 radical (unpaired) electrons. The molecular formula is C13H21NOS. The Morgan fingerprint density at radius 3 is 2.62 bits per heavy atom. The van der Waals surface area contributed by atoms with Gasteiger partial charge in [0.2, 0.25) is 0 Å². The van der Waals surface area contributed by atoms with E-state index in [9.17, 15) is 4.21 Å². The Balaban J connectivity index is 2.26. The van der Waals surface area contributed by atoms with Gasteiger partial charge in [0.15, 0.2) is 0 Å². The van der Waals surface area contributed by atoms with Crippen LogP contribution in [0.3, 0.4) is 0 Å². The molecule has 0 amide bonds. The zero-order chi connectivity index (χ0) is 11.8. The maximum atomic E-state index is 11.9. The maximum absolute atomic E-state index is 11.9. The molecule has 2 nitrogen and oxygen atoms in total. The van der Waals surface area contributed by atoms with E-state index in [1.165, 1.54) is 0 Å². The van der Waals surface area contributed by atoms with Crippen LogP contribution in [0.4, 0.5) is 0 Å². The number of benzene rings is 1. The standard InChI is InChI=1S/C13H21NOS/c1-3-14-12(2)8-7-11-16(15)13-9-5-4-6-10-13/h4-6,9-10,12,14H,3,7-8,11H2,1-2H3. The average molecular weight is 239 g/mol. The Labute approximate surface area is 101 Å². The molecule has 1 rings (SSSR count). The molecule has 0 saturated carbocycles. The van der Waals surface area contributed by atoms with E-state index in [-0.39, 0.29) is 0 Å². The highest BCUT2D eigenvalue weighted by Crippen LogP contribution is 2.08. The van der Waals surface area contributed by atoms with Gasteiger partial charge in [-0.05, 0) is 38.4 Å². The van der Waals surface area contributed by atoms with Crippen LogP contribution in [0.2, 0.25) is 0 Å². The topological polar surface area (TPSA) is 29.1 Å². The van der Waals surface area contributed by atoms with Crippen molar-refractivity contribution in [1.29, 1.82) is 0 Å². The predicted octanol–water partition coefficient (Wildman–Crippen LogP) is 2.57. The fraction of sp³-hybridized carbons (Fsp3) is 0.538. The van der Waals surface area contributed by atoms with Crippen LogP contribution in [0, 0.1) is 0 Å². The lowest BCUT2D eigenvalue weighted by Crippen LogP contribution is -2.25. The van der Waals surface area contributed by atoms with E-state index in [0.29, 0.717) is 6.04 Å². The highest BCUT2D eigenvalue weighted by atomic mass is 32.2. The lowest BCUT2D eigenvalue weighted by Gasteiger charge is -2.11. The van der Waals surface area contributed by atoms with Gasteiger partial charge in [-0.3, -0.25) is 4.21 Å². The van der Waals surface area contributed by atoms with Crippen molar-refractivity contribution in [2.75, 3.05) is 12.3 Å². The van der Waals surface area contributed by atoms with Gasteiger partial charge in [0, 0.05) is 16.7 Å². The van der Waals surface area contributed by atoms with Crippen LogP contribution in [0.5, 0.6) is 0 Å². The Bertz CT molecular complexity index is 313. The molecule has 0 aliphatic heterocycles. The van der Waals surface area contributed by atoms with E-state index in [4.69, 9.17) is 0 Å². The van der Waals surface area contributed by atoms with Crippen molar-refractivity contribution in [3.05, 3.63) is 30.3 Å². The van der Waals surface area contributed by atoms with Crippen LogP contribution in [0.25, 0.3) is 0 Å². The molecule has 1 aromatic carbocycles. The minimum atomic E-state index is -0.832. The summed E-state index contributed by atoms with van der Waals surface area (Å²) in [5.74, 6) is 0.764. The van der Waals surface area contributed by atoms with Crippen molar-refractivity contribution >= 4 is 10.8 Å². The van der Waals surface area contributed by atoms with Crippen molar-refractivity contribution in [3.63, 3.8) is 0 Å². The van der Waals surface area contributed by atoms with Crippen molar-refractivity contribution in [2.45, 2.75) is 37.6 Å². The van der Waals surface area contributed by atoms with E-state index >= 15 is 0 Å². The van der Waals surface area contributed by atoms with Gasteiger partial charge in [0.05, 0.1) is 10.8 Å². The van der Waals surface area contributed by atoms with Gasteiger partial charge in [-0.1, -0.05) is 25.1 Å². The quantitative estimate of drug-likeness (QED) is 0.792. The summed E-state index contributed by atoms with van der Waals surface area (Å²) in [5, 5.41) is 3.36. The zero-order valence-corrected chi connectivity index (χ0v) is 10.9. The van der Waals surface area contributed by atoms with Gasteiger partial charge in [-0.2, -0.15) is 0 Å². The molecule has 1 N–H and O–H groups in total. The molecule has 16 heavy (non-hydrogen) atoms. The van der Waals surface area contributed by atoms with E-state index in [0.717, 1.165) is 30.0 Å². The van der Waals surface area contributed by atoms with E-state index < -0.39 is 10.8 Å². The fourth-order valence-electron chi connectivity index (χ4n) is 1.66. The lowest BCUT2D eigenvalue weighted by atomic mass is 10.2. The molecule has 0 aromatic heterocycles. The first kappa shape index (κ1) is 13.4. The zero-order valence-electron chi connectivity index (χ0n) is 10.1. The third-order valence-corrected chi connectivity index (χ3v) is 3.98. The predicted molar refractivity (Wildman–Crippen MR) is 70.1 cm³/mol. The van der Waals surface area contributed by atoms with Gasteiger partial charge >= 0.3 is 0 Å². The minimum absolute atomic E-state index is 0.526. The van der Waals surface area contributed by atoms with E-state index in [2.05, 4.69) is 19.2 Å². The van der Waals surface area contributed by atoms with Crippen molar-refractivity contribution in [2.24, 2.45) is 0 Å². The Morgan fingerprint density at radius 1 is 1.31 bits per heavy atom. The molecule has 0 heterocycles. The van der Waals surface area contributed by atoms with Gasteiger partial charge in [-0.15, -0.1) is 0 Å². The summed E-state index contributed by atoms with van der Waals surface area (Å²) in [7, 11) is -0.832. The SMILES string of the molecule is CCNC(C)CCCS(=O)c1ccccc1. The van der Waals surface area contributed by atoms with Crippen LogP contribution in [0.1, 0.15) is 26.7 Å². The summed E-state index contributed by atoms with van der Waals surface area (Å²) >= 11 is 0. The average Bonchev–Trinajstić information content (AvgIpc) is 2.30. The molecule has 0 spiro atoms. The van der Waals surface area contributed by atoms with Gasteiger partial charge in [0.25, 0.3) is 0 Å². The lowest BCUT2D eigenvalue weighted by molar-refractivity contribution is 0.525. The summed E-state index contributed by atoms with van der Waals surface area (Å²) in [6.07, 6.45) is 2.10. The fourth-order valence-corrected chi connectivity index (χ4v) is 2.79. The molecule has 3 heteroatoms. The maximum Gasteiger partial charge on any atom is 0.0529 e. The second-order valence-corrected chi connectivity index (χ2v) is 5.53. The van der Waals surface area contributed by atoms with Crippen LogP contribution in [-0.2, 0) is 10.8 Å². The molecule has 0 aliphatic rings. The molecule has 90 valence electrons. The summed E-state index contributed by atoms with van der Waals surface area (Å²) in [6, 6.07) is 10.2. The van der Waals surface area contributed by atoms with Crippen molar-refractivity contribution in [3.8, 4) is 0 Å². The molecule has 0 fully saturated rings. The van der Waals surface area contributed by atoms with Gasteiger partial charge in [0.1, 0.15) is 0 Å². The molecule has 2 unspecified atom stereocenters. The summed E-state index contributed by atoms with van der Waals surface area (Å²) in [6.45, 7) is 5.29. The monoisotopic (exact) mass is 239 g/mol. The van der Waals surface area contributed by atoms with Crippen molar-refractivity contribution in [1.82, 2.24) is 5.32 Å². The largest absolute Gasteiger partial charge is 0.315 e. The molecule has 0 aliphatic carbocycles. The van der Waals surface area contributed by atoms with E-state index in [1.54, 1.807) is 0 Å². The second kappa shape index (κ2) is 7.58. The second-order valence-electron chi connectivity index (χ2n) is 3.96. The normalized spacial score (nSPS) is 14.6. The Kier molecular flexibility index (Phi) is 6.34. The number of hydrogen-bond donors (Lipinski definition) is 1. The highest BCUT2D eigenvalue weighted by molar-refractivity contribution is 7.85. The summed E-state index contributed by atoms with van der Waals surface area (Å²) in [4.78, 5) is 0.943. The van der Waals surface area contributed by atoms with Gasteiger partial charge in [-0.25, -0.2) is 0 Å². The van der Waals surface area contributed by atoms with Crippen LogP contribution < -0.4 is 5.32 Å². The van der Waals surface area contributed by atoms with Crippen LogP contribution in [-0.4, -0.2) is 22.5 Å². The minimum Gasteiger partial charge on any atom is -0.315 e. The number of nitrogens with one attached hydrogen (secondary N) is 1. The molecule has 1 aromatic rings. The molecule has 2 atom stereocenters. The molecule has 0 saturated heterocycles. The number of hydrogen-bond acceptors (Lipinski definition) is 2. The summed E-state index contributed by atoms with van der Waals surface area (Å²) in [5.41, 5.74) is 0. The van der Waals surface area contributed by atoms with Crippen LogP contribution >= 0.6 is 0 Å². The smallest absolute Gasteiger partial charge is 0.0529 e. The Hall–Kier alpha value is -0.670. The Morgan fingerprint density at radius 2 is 2.00 bits per heavy atom. The third-order valence-electron chi connectivity index (χ3n) is 2.53. The van der Waals surface area contributed by atoms with Gasteiger partial charge < -0.3 is 5.32 Å². The number of rotatable bonds is 7. The first-order valence-electron chi connectivity index (χ1n) is 5.91. The third kappa shape index (κ3) is 4.90. The van der Waals surface area contributed by atoms with E-state index in [1.807, 2.05) is 30.3 Å². The van der Waals surface area contributed by atoms with Crippen LogP contribution in [0.15, 0.2) is 35.2 Å². The van der Waals surface area contributed by atoms with Crippen molar-refractivity contribution < 1.29 is 4.21 Å².